The molecule has 0 aliphatic heterocycles. The van der Waals surface area contributed by atoms with Crippen LogP contribution in [-0.2, 0) is 18.2 Å². The Morgan fingerprint density at radius 1 is 1.55 bits per heavy atom. The van der Waals surface area contributed by atoms with Crippen molar-refractivity contribution in [1.82, 2.24) is 0 Å². The van der Waals surface area contributed by atoms with E-state index in [0.717, 1.165) is 0 Å². The van der Waals surface area contributed by atoms with Crippen molar-refractivity contribution in [2.24, 2.45) is 0 Å². The molecule has 2 N–H and O–H groups in total. The summed E-state index contributed by atoms with van der Waals surface area (Å²) in [5.74, 6) is 0. The average Bonchev–Trinajstić information content (AvgIpc) is 1.82. The van der Waals surface area contributed by atoms with Crippen molar-refractivity contribution in [3.63, 3.8) is 0 Å². The molecule has 0 aliphatic rings. The average molecular weight is 201 g/mol. The minimum absolute atomic E-state index is 0.0682. The summed E-state index contributed by atoms with van der Waals surface area (Å²) in [5, 5.41) is 0. The lowest BCUT2D eigenvalue weighted by atomic mass is 10.7. The molecule has 0 unspecified atom stereocenters. The molecule has 0 aromatic carbocycles. The molecule has 64 valence electrons. The van der Waals surface area contributed by atoms with E-state index in [1.54, 1.807) is 0 Å². The maximum Gasteiger partial charge on any atom is 0.692 e. The van der Waals surface area contributed by atoms with E-state index in [-0.39, 0.29) is 6.61 Å². The Morgan fingerprint density at radius 3 is 2.00 bits per heavy atom. The number of rotatable bonds is 3. The second-order valence-corrected chi connectivity index (χ2v) is 2.27. The molecule has 0 saturated carbocycles. The Hall–Kier alpha value is -0.380. The van der Waals surface area contributed by atoms with Crippen LogP contribution in [0.5, 0.6) is 0 Å². The van der Waals surface area contributed by atoms with Crippen LogP contribution in [0.4, 0.5) is 0 Å². The van der Waals surface area contributed by atoms with Gasteiger partial charge in [-0.25, -0.2) is 9.13 Å². The van der Waals surface area contributed by atoms with Crippen LogP contribution >= 0.6 is 16.2 Å². The van der Waals surface area contributed by atoms with Gasteiger partial charge >= 0.3 is 16.2 Å². The van der Waals surface area contributed by atoms with Gasteiger partial charge in [-0.15, -0.1) is 16.4 Å². The number of hydrogen-bond acceptors (Lipinski definition) is 4. The second kappa shape index (κ2) is 9.62. The normalized spacial score (nSPS) is 7.45. The summed E-state index contributed by atoms with van der Waals surface area (Å²) in [4.78, 5) is 14.2. The van der Waals surface area contributed by atoms with Gasteiger partial charge in [0.25, 0.3) is 0 Å². The first-order chi connectivity index (χ1) is 5.00. The maximum absolute atomic E-state index is 9.53. The van der Waals surface area contributed by atoms with E-state index in [1.165, 1.54) is 6.08 Å². The van der Waals surface area contributed by atoms with Gasteiger partial charge in [0.2, 0.25) is 0 Å². The lowest BCUT2D eigenvalue weighted by Gasteiger charge is -1.77. The third-order valence-corrected chi connectivity index (χ3v) is 0.658. The molecule has 0 amide bonds. The standard InChI is InChI=1S/C3H5O3P.HO3P/c1-2-3-6-7(4)5;1-4(2)3/h2H,1,3H2;(H-,1,2,3)/p+1. The quantitative estimate of drug-likeness (QED) is 0.519. The molecule has 0 atom stereocenters. The summed E-state index contributed by atoms with van der Waals surface area (Å²) in [7, 11) is -5.55. The molecule has 0 heterocycles. The largest absolute Gasteiger partial charge is 0.692 e. The molecule has 0 saturated heterocycles. The zero-order valence-electron chi connectivity index (χ0n) is 5.41. The molecule has 0 fully saturated rings. The van der Waals surface area contributed by atoms with Gasteiger partial charge in [0.05, 0.1) is 6.61 Å². The lowest BCUT2D eigenvalue weighted by molar-refractivity contribution is 0.338. The minimum Gasteiger partial charge on any atom is -0.267 e. The summed E-state index contributed by atoms with van der Waals surface area (Å²) in [6, 6.07) is 0. The van der Waals surface area contributed by atoms with Crippen molar-refractivity contribution >= 4 is 16.2 Å². The van der Waals surface area contributed by atoms with Gasteiger partial charge in [-0.05, 0) is 0 Å². The highest BCUT2D eigenvalue weighted by atomic mass is 31.1. The van der Waals surface area contributed by atoms with Gasteiger partial charge in [-0.3, -0.25) is 4.52 Å². The first-order valence-electron chi connectivity index (χ1n) is 2.24. The molecule has 11 heavy (non-hydrogen) atoms. The smallest absolute Gasteiger partial charge is 0.267 e. The van der Waals surface area contributed by atoms with Crippen molar-refractivity contribution in [2.75, 3.05) is 6.61 Å². The Kier molecular flexibility index (Phi) is 11.6. The van der Waals surface area contributed by atoms with Crippen LogP contribution in [0.2, 0.25) is 0 Å². The highest BCUT2D eigenvalue weighted by Gasteiger charge is 1.93. The molecular weight excluding hydrogens is 194 g/mol. The Labute approximate surface area is 64.4 Å². The molecule has 0 rings (SSSR count). The molecule has 0 radical (unpaired) electrons. The van der Waals surface area contributed by atoms with E-state index >= 15 is 0 Å². The summed E-state index contributed by atoms with van der Waals surface area (Å²) in [5.41, 5.74) is 0. The van der Waals surface area contributed by atoms with E-state index in [4.69, 9.17) is 14.4 Å². The second-order valence-electron chi connectivity index (χ2n) is 1.06. The lowest BCUT2D eigenvalue weighted by Crippen LogP contribution is -1.71. The highest BCUT2D eigenvalue weighted by Crippen LogP contribution is 2.02. The molecule has 0 aliphatic carbocycles. The molecule has 0 bridgehead atoms. The third-order valence-electron chi connectivity index (χ3n) is 0.298. The van der Waals surface area contributed by atoms with Gasteiger partial charge in [-0.1, -0.05) is 6.08 Å². The maximum atomic E-state index is 9.53. The van der Waals surface area contributed by atoms with E-state index < -0.39 is 16.2 Å². The third kappa shape index (κ3) is 42.6. The SMILES string of the molecule is C=CCOP(=O)=O.O=[P+](O)O. The Morgan fingerprint density at radius 2 is 1.91 bits per heavy atom. The molecule has 0 aromatic heterocycles. The number of hydrogen-bond donors (Lipinski definition) is 2. The van der Waals surface area contributed by atoms with E-state index in [0.29, 0.717) is 0 Å². The topological polar surface area (TPSA) is 101 Å². The molecule has 6 nitrogen and oxygen atoms in total. The van der Waals surface area contributed by atoms with Crippen LogP contribution in [0, 0.1) is 0 Å². The summed E-state index contributed by atoms with van der Waals surface area (Å²) in [6.07, 6.45) is 1.37. The van der Waals surface area contributed by atoms with Crippen molar-refractivity contribution in [3.05, 3.63) is 12.7 Å². The molecule has 0 aromatic rings. The Bertz CT molecular complexity index is 172. The summed E-state index contributed by atoms with van der Waals surface area (Å²) in [6.45, 7) is 3.31. The van der Waals surface area contributed by atoms with Gasteiger partial charge in [0.1, 0.15) is 0 Å². The predicted molar refractivity (Wildman–Crippen MR) is 36.5 cm³/mol. The molecular formula is C3H7O6P2+. The molecule has 0 spiro atoms. The van der Waals surface area contributed by atoms with Crippen molar-refractivity contribution in [2.45, 2.75) is 0 Å². The fraction of sp³-hybridized carbons (Fsp3) is 0.333. The zero-order valence-corrected chi connectivity index (χ0v) is 7.20. The van der Waals surface area contributed by atoms with Crippen molar-refractivity contribution in [1.29, 1.82) is 0 Å². The first-order valence-corrected chi connectivity index (χ1v) is 4.50. The van der Waals surface area contributed by atoms with Gasteiger partial charge in [0.15, 0.2) is 0 Å². The Balaban J connectivity index is 0. The predicted octanol–water partition coefficient (Wildman–Crippen LogP) is 0.905. The van der Waals surface area contributed by atoms with Crippen molar-refractivity contribution in [3.8, 4) is 0 Å². The van der Waals surface area contributed by atoms with Crippen LogP contribution < -0.4 is 0 Å². The van der Waals surface area contributed by atoms with Gasteiger partial charge < -0.3 is 0 Å². The fourth-order valence-corrected chi connectivity index (χ4v) is 0.341. The van der Waals surface area contributed by atoms with Crippen LogP contribution in [0.1, 0.15) is 0 Å². The summed E-state index contributed by atoms with van der Waals surface area (Å²) >= 11 is 0. The van der Waals surface area contributed by atoms with Gasteiger partial charge in [0, 0.05) is 4.57 Å². The van der Waals surface area contributed by atoms with Crippen LogP contribution in [0.15, 0.2) is 12.7 Å². The van der Waals surface area contributed by atoms with E-state index in [9.17, 15) is 9.13 Å². The molecule has 8 heteroatoms. The summed E-state index contributed by atoms with van der Waals surface area (Å²) < 4.78 is 31.8. The van der Waals surface area contributed by atoms with Crippen LogP contribution in [0.3, 0.4) is 0 Å². The van der Waals surface area contributed by atoms with E-state index in [1.807, 2.05) is 0 Å². The monoisotopic (exact) mass is 201 g/mol. The van der Waals surface area contributed by atoms with E-state index in [2.05, 4.69) is 11.1 Å². The van der Waals surface area contributed by atoms with Crippen molar-refractivity contribution < 1.29 is 28.0 Å². The fourth-order valence-electron chi connectivity index (χ4n) is 0.114. The first kappa shape index (κ1) is 13.2. The van der Waals surface area contributed by atoms with Gasteiger partial charge in [-0.2, -0.15) is 0 Å². The highest BCUT2D eigenvalue weighted by molar-refractivity contribution is 7.30. The van der Waals surface area contributed by atoms with Crippen LogP contribution in [-0.4, -0.2) is 16.4 Å². The zero-order chi connectivity index (χ0) is 9.28. The van der Waals surface area contributed by atoms with Crippen LogP contribution in [0.25, 0.3) is 0 Å². The minimum atomic E-state index is -2.87.